The third kappa shape index (κ3) is 3.76. The molecule has 5 heteroatoms. The van der Waals surface area contributed by atoms with E-state index in [0.29, 0.717) is 23.9 Å². The largest absolute Gasteiger partial charge is 0.342 e. The zero-order valence-corrected chi connectivity index (χ0v) is 17.4. The highest BCUT2D eigenvalue weighted by Crippen LogP contribution is 2.33. The second kappa shape index (κ2) is 7.71. The van der Waals surface area contributed by atoms with Crippen molar-refractivity contribution in [3.63, 3.8) is 0 Å². The van der Waals surface area contributed by atoms with Gasteiger partial charge in [0.05, 0.1) is 6.54 Å². The molecular weight excluding hydrogens is 374 g/mol. The fraction of sp³-hybridized carbons (Fsp3) is 0.400. The van der Waals surface area contributed by atoms with Crippen LogP contribution in [0.5, 0.6) is 0 Å². The van der Waals surface area contributed by atoms with Crippen LogP contribution in [0, 0.1) is 11.8 Å². The summed E-state index contributed by atoms with van der Waals surface area (Å²) in [7, 11) is 1.86. The van der Waals surface area contributed by atoms with E-state index in [-0.39, 0.29) is 11.8 Å². The van der Waals surface area contributed by atoms with Crippen molar-refractivity contribution in [2.45, 2.75) is 25.8 Å². The third-order valence-corrected chi connectivity index (χ3v) is 6.50. The van der Waals surface area contributed by atoms with Crippen LogP contribution in [0.15, 0.2) is 47.5 Å². The number of carbonyl (C=O) groups is 2. The highest BCUT2D eigenvalue weighted by molar-refractivity contribution is 5.94. The highest BCUT2D eigenvalue weighted by Gasteiger charge is 2.36. The van der Waals surface area contributed by atoms with Crippen LogP contribution in [0.4, 0.5) is 0 Å². The van der Waals surface area contributed by atoms with Gasteiger partial charge in [-0.3, -0.25) is 14.6 Å². The molecule has 1 atom stereocenters. The first-order valence-electron chi connectivity index (χ1n) is 10.9. The lowest BCUT2D eigenvalue weighted by Gasteiger charge is -2.22. The first-order valence-corrected chi connectivity index (χ1v) is 10.9. The van der Waals surface area contributed by atoms with Gasteiger partial charge in [0.25, 0.3) is 5.91 Å². The Morgan fingerprint density at radius 1 is 1.07 bits per heavy atom. The van der Waals surface area contributed by atoms with Gasteiger partial charge in [-0.05, 0) is 65.6 Å². The van der Waals surface area contributed by atoms with E-state index < -0.39 is 0 Å². The van der Waals surface area contributed by atoms with Crippen molar-refractivity contribution in [3.05, 3.63) is 59.2 Å². The molecule has 1 aliphatic carbocycles. The molecule has 154 valence electrons. The molecule has 0 aromatic heterocycles. The number of nitrogens with zero attached hydrogens (tertiary/aromatic N) is 3. The average Bonchev–Trinajstić information content (AvgIpc) is 3.34. The molecule has 0 spiro atoms. The smallest absolute Gasteiger partial charge is 0.253 e. The summed E-state index contributed by atoms with van der Waals surface area (Å²) in [5, 5.41) is 0. The lowest BCUT2D eigenvalue weighted by Crippen LogP contribution is -2.34. The van der Waals surface area contributed by atoms with Crippen molar-refractivity contribution in [2.75, 3.05) is 26.7 Å². The number of carbonyl (C=O) groups excluding carboxylic acids is 2. The lowest BCUT2D eigenvalue weighted by atomic mass is 9.99. The number of fused-ring (bicyclic) bond motifs is 1. The number of rotatable bonds is 5. The maximum atomic E-state index is 12.9. The molecule has 2 aromatic carbocycles. The van der Waals surface area contributed by atoms with E-state index in [1.165, 1.54) is 11.1 Å². The van der Waals surface area contributed by atoms with Crippen molar-refractivity contribution < 1.29 is 9.59 Å². The number of likely N-dealkylation sites (tertiary alicyclic amines) is 1. The van der Waals surface area contributed by atoms with E-state index in [1.807, 2.05) is 42.4 Å². The molecule has 0 N–H and O–H groups in total. The molecule has 0 radical (unpaired) electrons. The molecule has 5 nitrogen and oxygen atoms in total. The van der Waals surface area contributed by atoms with Gasteiger partial charge in [0.2, 0.25) is 5.91 Å². The van der Waals surface area contributed by atoms with Crippen LogP contribution in [0.2, 0.25) is 0 Å². The van der Waals surface area contributed by atoms with Crippen molar-refractivity contribution >= 4 is 18.0 Å². The summed E-state index contributed by atoms with van der Waals surface area (Å²) in [4.78, 5) is 33.3. The van der Waals surface area contributed by atoms with Crippen LogP contribution in [0.3, 0.4) is 0 Å². The van der Waals surface area contributed by atoms with E-state index in [1.54, 1.807) is 4.90 Å². The summed E-state index contributed by atoms with van der Waals surface area (Å²) >= 11 is 0. The summed E-state index contributed by atoms with van der Waals surface area (Å²) in [6, 6.07) is 14.3. The quantitative estimate of drug-likeness (QED) is 0.768. The molecule has 2 fully saturated rings. The third-order valence-electron chi connectivity index (χ3n) is 6.50. The Morgan fingerprint density at radius 3 is 2.60 bits per heavy atom. The first kappa shape index (κ1) is 19.0. The Morgan fingerprint density at radius 2 is 1.83 bits per heavy atom. The summed E-state index contributed by atoms with van der Waals surface area (Å²) in [5.41, 5.74) is 5.40. The minimum absolute atomic E-state index is 0.0378. The SMILES string of the molecule is CN(C[C@@H]1CCN(C(=O)C2CC2)C1)C(=O)c1ccc(-c2ccc3c(c2)CN=C3)cc1. The first-order chi connectivity index (χ1) is 14.6. The van der Waals surface area contributed by atoms with E-state index >= 15 is 0 Å². The Kier molecular flexibility index (Phi) is 4.89. The zero-order chi connectivity index (χ0) is 20.7. The van der Waals surface area contributed by atoms with Crippen LogP contribution in [0.1, 0.15) is 40.7 Å². The maximum Gasteiger partial charge on any atom is 0.253 e. The van der Waals surface area contributed by atoms with Gasteiger partial charge >= 0.3 is 0 Å². The van der Waals surface area contributed by atoms with Crippen LogP contribution in [-0.2, 0) is 11.3 Å². The molecule has 2 amide bonds. The molecule has 30 heavy (non-hydrogen) atoms. The fourth-order valence-electron chi connectivity index (χ4n) is 4.56. The van der Waals surface area contributed by atoms with Crippen molar-refractivity contribution in [1.82, 2.24) is 9.80 Å². The van der Waals surface area contributed by atoms with Crippen LogP contribution >= 0.6 is 0 Å². The molecule has 2 aromatic rings. The second-order valence-electron chi connectivity index (χ2n) is 8.86. The molecule has 0 bridgehead atoms. The van der Waals surface area contributed by atoms with Gasteiger partial charge < -0.3 is 9.80 Å². The Labute approximate surface area is 177 Å². The maximum absolute atomic E-state index is 12.9. The predicted molar refractivity (Wildman–Crippen MR) is 118 cm³/mol. The predicted octanol–water partition coefficient (Wildman–Crippen LogP) is 3.62. The van der Waals surface area contributed by atoms with E-state index in [2.05, 4.69) is 23.2 Å². The number of amides is 2. The number of aliphatic imine (C=N–C) groups is 1. The van der Waals surface area contributed by atoms with Crippen molar-refractivity contribution in [2.24, 2.45) is 16.8 Å². The summed E-state index contributed by atoms with van der Waals surface area (Å²) in [6.07, 6.45) is 5.00. The second-order valence-corrected chi connectivity index (χ2v) is 8.86. The summed E-state index contributed by atoms with van der Waals surface area (Å²) < 4.78 is 0. The number of benzene rings is 2. The standard InChI is InChI=1S/C25H27N3O2/c1-27(15-17-10-11-28(16-17)25(30)20-6-7-20)24(29)19-4-2-18(3-5-19)21-8-9-22-13-26-14-23(22)12-21/h2-5,8-9,12-13,17,20H,6-7,10-11,14-16H2,1H3/t17-/m0/s1. The minimum atomic E-state index is 0.0378. The van der Waals surface area contributed by atoms with Gasteiger partial charge in [-0.25, -0.2) is 0 Å². The Hall–Kier alpha value is -2.95. The van der Waals surface area contributed by atoms with Crippen molar-refractivity contribution in [3.8, 4) is 11.1 Å². The monoisotopic (exact) mass is 401 g/mol. The molecule has 5 rings (SSSR count). The topological polar surface area (TPSA) is 53.0 Å². The van der Waals surface area contributed by atoms with Crippen molar-refractivity contribution in [1.29, 1.82) is 0 Å². The van der Waals surface area contributed by atoms with E-state index in [0.717, 1.165) is 50.0 Å². The van der Waals surface area contributed by atoms with Crippen LogP contribution < -0.4 is 0 Å². The van der Waals surface area contributed by atoms with Gasteiger partial charge in [-0.2, -0.15) is 0 Å². The molecule has 3 aliphatic rings. The summed E-state index contributed by atoms with van der Waals surface area (Å²) in [5.74, 6) is 1.01. The molecule has 2 aliphatic heterocycles. The fourth-order valence-corrected chi connectivity index (χ4v) is 4.56. The Balaban J connectivity index is 1.20. The van der Waals surface area contributed by atoms with Gasteiger partial charge in [0.15, 0.2) is 0 Å². The van der Waals surface area contributed by atoms with Gasteiger partial charge in [0.1, 0.15) is 0 Å². The molecular formula is C25H27N3O2. The Bertz CT molecular complexity index is 1010. The van der Waals surface area contributed by atoms with E-state index in [9.17, 15) is 9.59 Å². The number of hydrogen-bond acceptors (Lipinski definition) is 3. The van der Waals surface area contributed by atoms with Gasteiger partial charge in [0, 0.05) is 44.4 Å². The van der Waals surface area contributed by atoms with E-state index in [4.69, 9.17) is 0 Å². The van der Waals surface area contributed by atoms with Gasteiger partial charge in [-0.1, -0.05) is 24.3 Å². The minimum Gasteiger partial charge on any atom is -0.342 e. The molecule has 2 heterocycles. The molecule has 0 unspecified atom stereocenters. The van der Waals surface area contributed by atoms with Crippen LogP contribution in [-0.4, -0.2) is 54.5 Å². The average molecular weight is 402 g/mol. The van der Waals surface area contributed by atoms with Crippen LogP contribution in [0.25, 0.3) is 11.1 Å². The normalized spacial score (nSPS) is 19.8. The van der Waals surface area contributed by atoms with Gasteiger partial charge in [-0.15, -0.1) is 0 Å². The highest BCUT2D eigenvalue weighted by atomic mass is 16.2. The lowest BCUT2D eigenvalue weighted by molar-refractivity contribution is -0.131. The number of hydrogen-bond donors (Lipinski definition) is 0. The zero-order valence-electron chi connectivity index (χ0n) is 17.4. The molecule has 1 saturated heterocycles. The molecule has 1 saturated carbocycles. The summed E-state index contributed by atoms with van der Waals surface area (Å²) in [6.45, 7) is 3.06.